The summed E-state index contributed by atoms with van der Waals surface area (Å²) in [5.41, 5.74) is 2.24. The summed E-state index contributed by atoms with van der Waals surface area (Å²) >= 11 is 0. The predicted molar refractivity (Wildman–Crippen MR) is 72.1 cm³/mol. The highest BCUT2D eigenvalue weighted by Gasteiger charge is 2.08. The van der Waals surface area contributed by atoms with E-state index in [-0.39, 0.29) is 6.42 Å². The van der Waals surface area contributed by atoms with Gasteiger partial charge in [-0.3, -0.25) is 4.79 Å². The van der Waals surface area contributed by atoms with Gasteiger partial charge in [0.25, 0.3) is 0 Å². The number of hydrogen-bond acceptors (Lipinski definition) is 3. The molecule has 1 aromatic rings. The predicted octanol–water partition coefficient (Wildman–Crippen LogP) is 2.31. The van der Waals surface area contributed by atoms with Crippen molar-refractivity contribution in [2.24, 2.45) is 0 Å². The van der Waals surface area contributed by atoms with Gasteiger partial charge < -0.3 is 14.7 Å². The Morgan fingerprint density at radius 3 is 2.50 bits per heavy atom. The Morgan fingerprint density at radius 1 is 1.28 bits per heavy atom. The Bertz CT molecular complexity index is 362. The summed E-state index contributed by atoms with van der Waals surface area (Å²) in [6, 6.07) is 8.10. The first kappa shape index (κ1) is 14.5. The average molecular weight is 251 g/mol. The van der Waals surface area contributed by atoms with Crippen molar-refractivity contribution in [3.05, 3.63) is 29.8 Å². The molecule has 0 aliphatic carbocycles. The zero-order chi connectivity index (χ0) is 13.4. The first-order valence-corrected chi connectivity index (χ1v) is 6.24. The maximum atomic E-state index is 10.7. The highest BCUT2D eigenvalue weighted by Crippen LogP contribution is 2.15. The van der Waals surface area contributed by atoms with Gasteiger partial charge in [-0.25, -0.2) is 0 Å². The maximum absolute atomic E-state index is 10.7. The largest absolute Gasteiger partial charge is 0.481 e. The van der Waals surface area contributed by atoms with Crippen molar-refractivity contribution in [1.82, 2.24) is 0 Å². The summed E-state index contributed by atoms with van der Waals surface area (Å²) in [6.07, 6.45) is 0.139. The van der Waals surface area contributed by atoms with Crippen LogP contribution in [0.2, 0.25) is 0 Å². The van der Waals surface area contributed by atoms with Gasteiger partial charge in [-0.05, 0) is 26.0 Å². The number of carboxylic acid groups (broad SMARTS) is 1. The first-order valence-electron chi connectivity index (χ1n) is 6.24. The molecule has 100 valence electrons. The van der Waals surface area contributed by atoms with E-state index in [1.165, 1.54) is 5.56 Å². The standard InChI is InChI=1S/C14H21NO3/c1-3-18-11-10-15(9-8-14(16)17)13-6-4-12(2)5-7-13/h4-7H,3,8-11H2,1-2H3,(H,16,17). The molecule has 0 radical (unpaired) electrons. The van der Waals surface area contributed by atoms with Crippen LogP contribution in [-0.2, 0) is 9.53 Å². The molecule has 0 unspecified atom stereocenters. The number of aryl methyl sites for hydroxylation is 1. The molecule has 0 aliphatic heterocycles. The van der Waals surface area contributed by atoms with E-state index >= 15 is 0 Å². The van der Waals surface area contributed by atoms with Crippen LogP contribution in [0, 0.1) is 6.92 Å². The molecular weight excluding hydrogens is 230 g/mol. The molecule has 0 fully saturated rings. The zero-order valence-corrected chi connectivity index (χ0v) is 11.1. The number of benzene rings is 1. The Kier molecular flexibility index (Phi) is 6.22. The number of carboxylic acids is 1. The van der Waals surface area contributed by atoms with Gasteiger partial charge in [-0.15, -0.1) is 0 Å². The van der Waals surface area contributed by atoms with E-state index < -0.39 is 5.97 Å². The Morgan fingerprint density at radius 2 is 1.94 bits per heavy atom. The number of nitrogens with zero attached hydrogens (tertiary/aromatic N) is 1. The first-order chi connectivity index (χ1) is 8.63. The van der Waals surface area contributed by atoms with Crippen LogP contribution < -0.4 is 4.90 Å². The van der Waals surface area contributed by atoms with Crippen molar-refractivity contribution in [2.45, 2.75) is 20.3 Å². The summed E-state index contributed by atoms with van der Waals surface area (Å²) in [7, 11) is 0. The van der Waals surface area contributed by atoms with Gasteiger partial charge in [0.05, 0.1) is 13.0 Å². The summed E-state index contributed by atoms with van der Waals surface area (Å²) in [5, 5.41) is 8.77. The maximum Gasteiger partial charge on any atom is 0.305 e. The van der Waals surface area contributed by atoms with Crippen LogP contribution in [0.4, 0.5) is 5.69 Å². The quantitative estimate of drug-likeness (QED) is 0.720. The van der Waals surface area contributed by atoms with Crippen LogP contribution in [-0.4, -0.2) is 37.4 Å². The Labute approximate surface area is 108 Å². The minimum Gasteiger partial charge on any atom is -0.481 e. The topological polar surface area (TPSA) is 49.8 Å². The number of carbonyl (C=O) groups is 1. The SMILES string of the molecule is CCOCCN(CCC(=O)O)c1ccc(C)cc1. The normalized spacial score (nSPS) is 10.3. The summed E-state index contributed by atoms with van der Waals surface area (Å²) in [6.45, 7) is 6.50. The third-order valence-corrected chi connectivity index (χ3v) is 2.70. The van der Waals surface area contributed by atoms with Crippen LogP contribution in [0.5, 0.6) is 0 Å². The van der Waals surface area contributed by atoms with Crippen LogP contribution in [0.25, 0.3) is 0 Å². The van der Waals surface area contributed by atoms with E-state index in [1.54, 1.807) is 0 Å². The molecule has 4 heteroatoms. The second-order valence-corrected chi connectivity index (χ2v) is 4.16. The lowest BCUT2D eigenvalue weighted by Crippen LogP contribution is -2.29. The van der Waals surface area contributed by atoms with Crippen LogP contribution in [0.3, 0.4) is 0 Å². The molecule has 0 aliphatic rings. The molecule has 0 aromatic heterocycles. The average Bonchev–Trinajstić information content (AvgIpc) is 2.34. The third-order valence-electron chi connectivity index (χ3n) is 2.70. The molecule has 0 heterocycles. The van der Waals surface area contributed by atoms with E-state index in [0.29, 0.717) is 26.3 Å². The van der Waals surface area contributed by atoms with Gasteiger partial charge in [-0.1, -0.05) is 17.7 Å². The molecule has 0 bridgehead atoms. The van der Waals surface area contributed by atoms with E-state index in [0.717, 1.165) is 5.69 Å². The monoisotopic (exact) mass is 251 g/mol. The molecule has 0 saturated heterocycles. The van der Waals surface area contributed by atoms with Gasteiger partial charge in [0.1, 0.15) is 0 Å². The van der Waals surface area contributed by atoms with E-state index in [2.05, 4.69) is 0 Å². The molecule has 0 atom stereocenters. The van der Waals surface area contributed by atoms with Crippen molar-refractivity contribution in [3.8, 4) is 0 Å². The minimum absolute atomic E-state index is 0.139. The summed E-state index contributed by atoms with van der Waals surface area (Å²) in [4.78, 5) is 12.7. The number of anilines is 1. The van der Waals surface area contributed by atoms with E-state index in [1.807, 2.05) is 43.0 Å². The van der Waals surface area contributed by atoms with Crippen molar-refractivity contribution in [1.29, 1.82) is 0 Å². The molecule has 4 nitrogen and oxygen atoms in total. The Hall–Kier alpha value is -1.55. The smallest absolute Gasteiger partial charge is 0.305 e. The summed E-state index contributed by atoms with van der Waals surface area (Å²) < 4.78 is 5.33. The molecule has 0 spiro atoms. The zero-order valence-electron chi connectivity index (χ0n) is 11.1. The molecule has 0 amide bonds. The van der Waals surface area contributed by atoms with E-state index in [9.17, 15) is 4.79 Å². The fraction of sp³-hybridized carbons (Fsp3) is 0.500. The van der Waals surface area contributed by atoms with Gasteiger partial charge in [-0.2, -0.15) is 0 Å². The lowest BCUT2D eigenvalue weighted by molar-refractivity contribution is -0.136. The summed E-state index contributed by atoms with van der Waals surface area (Å²) in [5.74, 6) is -0.775. The number of hydrogen-bond donors (Lipinski definition) is 1. The fourth-order valence-electron chi connectivity index (χ4n) is 1.68. The minimum atomic E-state index is -0.775. The number of ether oxygens (including phenoxy) is 1. The molecule has 0 saturated carbocycles. The van der Waals surface area contributed by atoms with Gasteiger partial charge >= 0.3 is 5.97 Å². The second kappa shape index (κ2) is 7.71. The fourth-order valence-corrected chi connectivity index (χ4v) is 1.68. The van der Waals surface area contributed by atoms with Crippen molar-refractivity contribution >= 4 is 11.7 Å². The van der Waals surface area contributed by atoms with Crippen molar-refractivity contribution < 1.29 is 14.6 Å². The highest BCUT2D eigenvalue weighted by atomic mass is 16.5. The number of rotatable bonds is 8. The Balaban J connectivity index is 2.62. The molecular formula is C14H21NO3. The van der Waals surface area contributed by atoms with Gasteiger partial charge in [0, 0.05) is 25.4 Å². The molecule has 1 N–H and O–H groups in total. The lowest BCUT2D eigenvalue weighted by atomic mass is 10.2. The third kappa shape index (κ3) is 5.19. The van der Waals surface area contributed by atoms with Gasteiger partial charge in [0.15, 0.2) is 0 Å². The van der Waals surface area contributed by atoms with Crippen molar-refractivity contribution in [2.75, 3.05) is 31.2 Å². The molecule has 1 aromatic carbocycles. The number of aliphatic carboxylic acids is 1. The van der Waals surface area contributed by atoms with Crippen molar-refractivity contribution in [3.63, 3.8) is 0 Å². The lowest BCUT2D eigenvalue weighted by Gasteiger charge is -2.24. The van der Waals surface area contributed by atoms with Gasteiger partial charge in [0.2, 0.25) is 0 Å². The van der Waals surface area contributed by atoms with E-state index in [4.69, 9.17) is 9.84 Å². The van der Waals surface area contributed by atoms with Crippen LogP contribution in [0.1, 0.15) is 18.9 Å². The molecule has 18 heavy (non-hydrogen) atoms. The van der Waals surface area contributed by atoms with Crippen LogP contribution in [0.15, 0.2) is 24.3 Å². The molecule has 1 rings (SSSR count). The second-order valence-electron chi connectivity index (χ2n) is 4.16. The highest BCUT2D eigenvalue weighted by molar-refractivity contribution is 5.67. The van der Waals surface area contributed by atoms with Crippen LogP contribution >= 0.6 is 0 Å².